The first kappa shape index (κ1) is 15.5. The zero-order chi connectivity index (χ0) is 15.1. The van der Waals surface area contributed by atoms with E-state index in [-0.39, 0.29) is 24.3 Å². The summed E-state index contributed by atoms with van der Waals surface area (Å²) in [6.07, 6.45) is 1.92. The molecule has 114 valence electrons. The van der Waals surface area contributed by atoms with Gasteiger partial charge in [-0.05, 0) is 37.6 Å². The molecule has 0 spiro atoms. The fourth-order valence-corrected chi connectivity index (χ4v) is 2.32. The van der Waals surface area contributed by atoms with Crippen molar-refractivity contribution in [1.82, 2.24) is 5.32 Å². The van der Waals surface area contributed by atoms with Crippen LogP contribution in [0.4, 0.5) is 11.4 Å². The molecule has 1 aromatic rings. The average Bonchev–Trinajstić information content (AvgIpc) is 2.48. The molecule has 1 aromatic carbocycles. The number of rotatable bonds is 5. The number of hydrogen-bond donors (Lipinski definition) is 3. The molecule has 0 saturated carbocycles. The third-order valence-electron chi connectivity index (χ3n) is 3.36. The first-order valence-corrected chi connectivity index (χ1v) is 7.09. The maximum Gasteiger partial charge on any atom is 0.250 e. The minimum Gasteiger partial charge on any atom is -0.375 e. The Bertz CT molecular complexity index is 499. The van der Waals surface area contributed by atoms with Crippen LogP contribution in [0, 0.1) is 5.92 Å². The van der Waals surface area contributed by atoms with Crippen LogP contribution in [-0.2, 0) is 14.3 Å². The van der Waals surface area contributed by atoms with Crippen molar-refractivity contribution in [2.45, 2.75) is 12.8 Å². The van der Waals surface area contributed by atoms with Gasteiger partial charge in [0.15, 0.2) is 0 Å². The van der Waals surface area contributed by atoms with Gasteiger partial charge in [0.1, 0.15) is 6.61 Å². The Kier molecular flexibility index (Phi) is 5.71. The lowest BCUT2D eigenvalue weighted by Crippen LogP contribution is -2.37. The summed E-state index contributed by atoms with van der Waals surface area (Å²) in [4.78, 5) is 23.6. The number of nitrogens with one attached hydrogen (secondary N) is 3. The molecule has 1 atom stereocenters. The molecule has 2 rings (SSSR count). The quantitative estimate of drug-likeness (QED) is 0.762. The molecule has 0 bridgehead atoms. The van der Waals surface area contributed by atoms with E-state index in [1.165, 1.54) is 7.11 Å². The van der Waals surface area contributed by atoms with E-state index in [4.69, 9.17) is 4.74 Å². The molecule has 0 aliphatic carbocycles. The number of ether oxygens (including phenoxy) is 1. The van der Waals surface area contributed by atoms with Crippen molar-refractivity contribution in [2.24, 2.45) is 5.92 Å². The third-order valence-corrected chi connectivity index (χ3v) is 3.36. The standard InChI is InChI=1S/C15H21N3O3/c1-21-10-14(19)17-12-5-2-6-13(8-12)18-15(20)11-4-3-7-16-9-11/h2,5-6,8,11,16H,3-4,7,9-10H2,1H3,(H,17,19)(H,18,20)/t11-/m0/s1. The maximum atomic E-state index is 12.1. The lowest BCUT2D eigenvalue weighted by atomic mass is 9.99. The van der Waals surface area contributed by atoms with Crippen molar-refractivity contribution in [3.05, 3.63) is 24.3 Å². The van der Waals surface area contributed by atoms with Gasteiger partial charge in [-0.2, -0.15) is 0 Å². The Morgan fingerprint density at radius 1 is 1.33 bits per heavy atom. The molecule has 1 aliphatic rings. The Morgan fingerprint density at radius 3 is 2.76 bits per heavy atom. The molecular formula is C15H21N3O3. The summed E-state index contributed by atoms with van der Waals surface area (Å²) in [5, 5.41) is 8.83. The number of piperidine rings is 1. The van der Waals surface area contributed by atoms with Crippen LogP contribution < -0.4 is 16.0 Å². The Morgan fingerprint density at radius 2 is 2.10 bits per heavy atom. The number of hydrogen-bond acceptors (Lipinski definition) is 4. The van der Waals surface area contributed by atoms with Crippen molar-refractivity contribution in [2.75, 3.05) is 37.4 Å². The Balaban J connectivity index is 1.93. The molecule has 1 saturated heterocycles. The summed E-state index contributed by atoms with van der Waals surface area (Å²) in [6, 6.07) is 7.10. The number of amides is 2. The molecule has 1 aliphatic heterocycles. The molecule has 2 amide bonds. The fourth-order valence-electron chi connectivity index (χ4n) is 2.32. The highest BCUT2D eigenvalue weighted by molar-refractivity contribution is 5.95. The van der Waals surface area contributed by atoms with Crippen LogP contribution >= 0.6 is 0 Å². The van der Waals surface area contributed by atoms with Gasteiger partial charge in [0.25, 0.3) is 0 Å². The van der Waals surface area contributed by atoms with Gasteiger partial charge in [-0.15, -0.1) is 0 Å². The predicted molar refractivity (Wildman–Crippen MR) is 81.2 cm³/mol. The van der Waals surface area contributed by atoms with E-state index in [1.807, 2.05) is 0 Å². The summed E-state index contributed by atoms with van der Waals surface area (Å²) < 4.78 is 4.76. The van der Waals surface area contributed by atoms with Crippen LogP contribution in [-0.4, -0.2) is 38.6 Å². The summed E-state index contributed by atoms with van der Waals surface area (Å²) in [6.45, 7) is 1.70. The lowest BCUT2D eigenvalue weighted by Gasteiger charge is -2.22. The number of carbonyl (C=O) groups is 2. The third kappa shape index (κ3) is 4.84. The van der Waals surface area contributed by atoms with E-state index in [9.17, 15) is 9.59 Å². The Labute approximate surface area is 124 Å². The second kappa shape index (κ2) is 7.75. The van der Waals surface area contributed by atoms with Crippen molar-refractivity contribution in [3.63, 3.8) is 0 Å². The van der Waals surface area contributed by atoms with E-state index in [0.717, 1.165) is 25.9 Å². The molecule has 0 radical (unpaired) electrons. The minimum absolute atomic E-state index is 0.00430. The van der Waals surface area contributed by atoms with Gasteiger partial charge in [0.2, 0.25) is 11.8 Å². The predicted octanol–water partition coefficient (Wildman–Crippen LogP) is 1.21. The summed E-state index contributed by atoms with van der Waals surface area (Å²) >= 11 is 0. The fraction of sp³-hybridized carbons (Fsp3) is 0.467. The molecule has 1 fully saturated rings. The summed E-state index contributed by atoms with van der Waals surface area (Å²) in [5.74, 6) is -0.203. The number of benzene rings is 1. The smallest absolute Gasteiger partial charge is 0.250 e. The molecule has 0 aromatic heterocycles. The van der Waals surface area contributed by atoms with Gasteiger partial charge in [-0.1, -0.05) is 6.07 Å². The van der Waals surface area contributed by atoms with Crippen LogP contribution in [0.2, 0.25) is 0 Å². The van der Waals surface area contributed by atoms with Gasteiger partial charge < -0.3 is 20.7 Å². The van der Waals surface area contributed by atoms with E-state index >= 15 is 0 Å². The van der Waals surface area contributed by atoms with Crippen LogP contribution in [0.5, 0.6) is 0 Å². The normalized spacial score (nSPS) is 18.0. The van der Waals surface area contributed by atoms with Gasteiger partial charge in [-0.3, -0.25) is 9.59 Å². The Hall–Kier alpha value is -1.92. The zero-order valence-electron chi connectivity index (χ0n) is 12.1. The van der Waals surface area contributed by atoms with Gasteiger partial charge >= 0.3 is 0 Å². The van der Waals surface area contributed by atoms with E-state index in [1.54, 1.807) is 24.3 Å². The second-order valence-electron chi connectivity index (χ2n) is 5.09. The van der Waals surface area contributed by atoms with Crippen LogP contribution in [0.25, 0.3) is 0 Å². The van der Waals surface area contributed by atoms with Crippen LogP contribution in [0.3, 0.4) is 0 Å². The SMILES string of the molecule is COCC(=O)Nc1cccc(NC(=O)[C@H]2CCCNC2)c1. The highest BCUT2D eigenvalue weighted by Crippen LogP contribution is 2.18. The number of carbonyl (C=O) groups excluding carboxylic acids is 2. The molecular weight excluding hydrogens is 270 g/mol. The number of anilines is 2. The summed E-state index contributed by atoms with van der Waals surface area (Å²) in [7, 11) is 1.47. The first-order chi connectivity index (χ1) is 10.2. The largest absolute Gasteiger partial charge is 0.375 e. The van der Waals surface area contributed by atoms with E-state index in [0.29, 0.717) is 11.4 Å². The highest BCUT2D eigenvalue weighted by atomic mass is 16.5. The molecule has 21 heavy (non-hydrogen) atoms. The highest BCUT2D eigenvalue weighted by Gasteiger charge is 2.20. The molecule has 3 N–H and O–H groups in total. The summed E-state index contributed by atoms with van der Waals surface area (Å²) in [5.41, 5.74) is 1.32. The molecule has 6 nitrogen and oxygen atoms in total. The molecule has 1 heterocycles. The van der Waals surface area contributed by atoms with Gasteiger partial charge in [-0.25, -0.2) is 0 Å². The average molecular weight is 291 g/mol. The molecule has 0 unspecified atom stereocenters. The second-order valence-corrected chi connectivity index (χ2v) is 5.09. The van der Waals surface area contributed by atoms with Crippen molar-refractivity contribution in [1.29, 1.82) is 0 Å². The number of methoxy groups -OCH3 is 1. The zero-order valence-corrected chi connectivity index (χ0v) is 12.1. The monoisotopic (exact) mass is 291 g/mol. The lowest BCUT2D eigenvalue weighted by molar-refractivity contribution is -0.120. The van der Waals surface area contributed by atoms with Crippen LogP contribution in [0.1, 0.15) is 12.8 Å². The van der Waals surface area contributed by atoms with Crippen molar-refractivity contribution < 1.29 is 14.3 Å². The van der Waals surface area contributed by atoms with Crippen LogP contribution in [0.15, 0.2) is 24.3 Å². The van der Waals surface area contributed by atoms with Gasteiger partial charge in [0.05, 0.1) is 5.92 Å². The minimum atomic E-state index is -0.225. The first-order valence-electron chi connectivity index (χ1n) is 7.09. The topological polar surface area (TPSA) is 79.5 Å². The van der Waals surface area contributed by atoms with Crippen molar-refractivity contribution >= 4 is 23.2 Å². The maximum absolute atomic E-state index is 12.1. The van der Waals surface area contributed by atoms with Crippen molar-refractivity contribution in [3.8, 4) is 0 Å². The van der Waals surface area contributed by atoms with E-state index < -0.39 is 0 Å². The van der Waals surface area contributed by atoms with Gasteiger partial charge in [0, 0.05) is 25.0 Å². The van der Waals surface area contributed by atoms with E-state index in [2.05, 4.69) is 16.0 Å². The molecule has 6 heteroatoms.